The van der Waals surface area contributed by atoms with Crippen molar-refractivity contribution in [2.45, 2.75) is 68.7 Å². The van der Waals surface area contributed by atoms with Crippen molar-refractivity contribution in [2.75, 3.05) is 31.3 Å². The van der Waals surface area contributed by atoms with Crippen LogP contribution >= 0.6 is 53.0 Å². The number of piperazine rings is 2. The minimum atomic E-state index is -1.91. The molecule has 8 saturated heterocycles. The number of aliphatic hydroxyl groups excluding tert-OH is 3. The fourth-order valence-corrected chi connectivity index (χ4v) is 20.6. The van der Waals surface area contributed by atoms with Crippen LogP contribution in [0.5, 0.6) is 0 Å². The molecule has 0 radical (unpaired) electrons. The minimum absolute atomic E-state index is 0.300. The molecule has 13 nitrogen and oxygen atoms in total. The van der Waals surface area contributed by atoms with E-state index in [0.717, 1.165) is 31.4 Å². The number of anilines is 2. The summed E-state index contributed by atoms with van der Waals surface area (Å²) in [5.74, 6) is -2.21. The molecule has 12 rings (SSSR count). The first-order valence-electron chi connectivity index (χ1n) is 16.2. The summed E-state index contributed by atoms with van der Waals surface area (Å²) >= 11 is 0. The van der Waals surface area contributed by atoms with Crippen LogP contribution in [0.1, 0.15) is 25.0 Å². The quantitative estimate of drug-likeness (QED) is 0.286. The monoisotopic (exact) mass is 772 g/mol. The molecule has 0 saturated carbocycles. The zero-order chi connectivity index (χ0) is 35.1. The van der Waals surface area contributed by atoms with Gasteiger partial charge in [-0.1, -0.05) is 61.0 Å². The van der Waals surface area contributed by atoms with Crippen molar-refractivity contribution in [3.05, 3.63) is 59.7 Å². The molecule has 2 aromatic carbocycles. The predicted octanol–water partition coefficient (Wildman–Crippen LogP) is 1.59. The van der Waals surface area contributed by atoms with Crippen molar-refractivity contribution in [2.24, 2.45) is 5.92 Å². The maximum Gasteiger partial charge on any atom is 0.265 e. The average molecular weight is 773 g/mol. The number of hydrogen-bond acceptors (Lipinski definition) is 14. The van der Waals surface area contributed by atoms with Crippen LogP contribution in [0.3, 0.4) is 0 Å². The number of aliphatic hydroxyl groups is 3. The number of likely N-dealkylation sites (N-methyl/N-ethyl adjacent to an activating group) is 2. The van der Waals surface area contributed by atoms with Crippen LogP contribution in [-0.2, 0) is 30.0 Å². The zero-order valence-corrected chi connectivity index (χ0v) is 31.1. The number of benzene rings is 2. The van der Waals surface area contributed by atoms with E-state index in [0.29, 0.717) is 22.5 Å². The fourth-order valence-electron chi connectivity index (χ4n) is 10.5. The van der Waals surface area contributed by atoms with Gasteiger partial charge >= 0.3 is 0 Å². The fraction of sp³-hybridized carbons (Fsp3) is 0.500. The maximum atomic E-state index is 15.2. The summed E-state index contributed by atoms with van der Waals surface area (Å²) in [5, 5.41) is 44.8. The standard InChI is InChI=1S/C32H32N6O7S5/c1-14(2)30-26(45)38-22-28(15-9-5-8-12-18(15)34-22,19(40)31(38,48-47-30)25(44)36(30)4)29-16-10-6-7-11-17(16)33-21(29)37-23(42)27(13-39)35(3)24(43)32(37,20(29)41)49-50-46-27/h5-12,14,19-22,33-34,39-41H,13H2,1-4H3/t19-,20-,21-,22+,27-,28?,29?,30?,31-,32?/m0/s1. The lowest BCUT2D eigenvalue weighted by Gasteiger charge is -2.60. The Labute approximate surface area is 306 Å². The van der Waals surface area contributed by atoms with Crippen LogP contribution in [0, 0.1) is 5.92 Å². The van der Waals surface area contributed by atoms with E-state index in [2.05, 4.69) is 10.6 Å². The molecular weight excluding hydrogens is 741 g/mol. The molecule has 50 heavy (non-hydrogen) atoms. The molecule has 4 unspecified atom stereocenters. The third-order valence-electron chi connectivity index (χ3n) is 12.7. The van der Waals surface area contributed by atoms with Gasteiger partial charge in [0, 0.05) is 25.5 Å². The first-order valence-corrected chi connectivity index (χ1v) is 21.8. The van der Waals surface area contributed by atoms with Crippen LogP contribution in [0.4, 0.5) is 11.4 Å². The van der Waals surface area contributed by atoms with E-state index in [1.54, 1.807) is 13.1 Å². The van der Waals surface area contributed by atoms with E-state index >= 15 is 9.59 Å². The number of para-hydroxylation sites is 2. The van der Waals surface area contributed by atoms with Crippen LogP contribution in [0.25, 0.3) is 0 Å². The summed E-state index contributed by atoms with van der Waals surface area (Å²) in [5.41, 5.74) is -1.17. The Balaban J connectivity index is 1.34. The third kappa shape index (κ3) is 2.77. The molecule has 10 aliphatic heterocycles. The summed E-state index contributed by atoms with van der Waals surface area (Å²) in [6.07, 6.45) is -5.59. The van der Waals surface area contributed by atoms with E-state index in [9.17, 15) is 24.9 Å². The van der Waals surface area contributed by atoms with Gasteiger partial charge in [-0.2, -0.15) is 0 Å². The Bertz CT molecular complexity index is 2000. The second kappa shape index (κ2) is 9.55. The maximum absolute atomic E-state index is 15.2. The van der Waals surface area contributed by atoms with Crippen molar-refractivity contribution in [3.8, 4) is 0 Å². The number of nitrogens with zero attached hydrogens (tertiary/aromatic N) is 4. The molecule has 2 aromatic rings. The van der Waals surface area contributed by atoms with Crippen LogP contribution in [0.15, 0.2) is 48.5 Å². The second-order valence-electron chi connectivity index (χ2n) is 14.4. The van der Waals surface area contributed by atoms with Crippen molar-refractivity contribution in [1.82, 2.24) is 19.6 Å². The SMILES string of the molecule is CC(C)C12SS[C@]3(C(=O)N1C)[C@@H](O)C1(C45c6ccccc6N[C@H]4N4C(=O)[C@]6(CO)SSSC4(C(=O)N6C)[C@H]5O)c4ccccc4N[C@@H]1N3C2=O. The highest BCUT2D eigenvalue weighted by Gasteiger charge is 2.92. The van der Waals surface area contributed by atoms with Gasteiger partial charge in [0.05, 0.1) is 17.4 Å². The van der Waals surface area contributed by atoms with Crippen molar-refractivity contribution in [1.29, 1.82) is 0 Å². The van der Waals surface area contributed by atoms with Crippen LogP contribution < -0.4 is 10.6 Å². The molecule has 4 amide bonds. The van der Waals surface area contributed by atoms with Gasteiger partial charge in [0.2, 0.25) is 14.6 Å². The van der Waals surface area contributed by atoms with Gasteiger partial charge in [-0.25, -0.2) is 0 Å². The Morgan fingerprint density at radius 1 is 0.700 bits per heavy atom. The predicted molar refractivity (Wildman–Crippen MR) is 193 cm³/mol. The number of nitrogens with one attached hydrogen (secondary N) is 2. The summed E-state index contributed by atoms with van der Waals surface area (Å²) in [6, 6.07) is 14.6. The van der Waals surface area contributed by atoms with E-state index in [4.69, 9.17) is 0 Å². The summed E-state index contributed by atoms with van der Waals surface area (Å²) < 4.78 is 0. The smallest absolute Gasteiger partial charge is 0.265 e. The highest BCUT2D eigenvalue weighted by atomic mass is 33.5. The largest absolute Gasteiger partial charge is 0.392 e. The highest BCUT2D eigenvalue weighted by molar-refractivity contribution is 9.10. The molecule has 10 atom stereocenters. The zero-order valence-electron chi connectivity index (χ0n) is 27.0. The minimum Gasteiger partial charge on any atom is -0.392 e. The van der Waals surface area contributed by atoms with Gasteiger partial charge in [-0.15, -0.1) is 0 Å². The number of fused-ring (bicyclic) bond motifs is 12. The van der Waals surface area contributed by atoms with E-state index in [1.807, 2.05) is 56.3 Å². The van der Waals surface area contributed by atoms with Crippen LogP contribution in [-0.4, -0.2) is 123 Å². The first kappa shape index (κ1) is 32.2. The lowest BCUT2D eigenvalue weighted by molar-refractivity contribution is -0.169. The highest BCUT2D eigenvalue weighted by Crippen LogP contribution is 2.78. The molecule has 262 valence electrons. The van der Waals surface area contributed by atoms with Gasteiger partial charge in [0.1, 0.15) is 24.5 Å². The Hall–Kier alpha value is -2.45. The van der Waals surface area contributed by atoms with Gasteiger partial charge < -0.3 is 35.8 Å². The number of carbonyl (C=O) groups excluding carboxylic acids is 4. The molecule has 4 bridgehead atoms. The molecule has 2 spiro atoms. The Morgan fingerprint density at radius 3 is 1.74 bits per heavy atom. The summed E-state index contributed by atoms with van der Waals surface area (Å²) in [6.45, 7) is 3.12. The van der Waals surface area contributed by atoms with Crippen molar-refractivity contribution >= 4 is 88.0 Å². The first-order chi connectivity index (χ1) is 23.8. The van der Waals surface area contributed by atoms with Gasteiger partial charge in [0.15, 0.2) is 4.87 Å². The van der Waals surface area contributed by atoms with Gasteiger partial charge in [-0.05, 0) is 71.4 Å². The van der Waals surface area contributed by atoms with Crippen molar-refractivity contribution in [3.63, 3.8) is 0 Å². The van der Waals surface area contributed by atoms with E-state index in [1.165, 1.54) is 48.2 Å². The number of carbonyl (C=O) groups is 4. The topological polar surface area (TPSA) is 166 Å². The molecule has 0 aliphatic carbocycles. The molecule has 0 aromatic heterocycles. The van der Waals surface area contributed by atoms with E-state index in [-0.39, 0.29) is 11.8 Å². The van der Waals surface area contributed by atoms with E-state index < -0.39 is 79.2 Å². The molecule has 5 N–H and O–H groups in total. The Morgan fingerprint density at radius 2 is 1.20 bits per heavy atom. The normalized spacial score (nSPS) is 44.6. The average Bonchev–Trinajstić information content (AvgIpc) is 3.70. The molecule has 18 heteroatoms. The molecule has 10 heterocycles. The lowest BCUT2D eigenvalue weighted by Crippen LogP contribution is -2.79. The number of rotatable bonds is 3. The lowest BCUT2D eigenvalue weighted by atomic mass is 9.52. The molecule has 8 fully saturated rings. The second-order valence-corrected chi connectivity index (χ2v) is 21.4. The van der Waals surface area contributed by atoms with Gasteiger partial charge in [-0.3, -0.25) is 29.0 Å². The number of amides is 4. The summed E-state index contributed by atoms with van der Waals surface area (Å²) in [7, 11) is 8.78. The molecule has 10 aliphatic rings. The van der Waals surface area contributed by atoms with Crippen LogP contribution in [0.2, 0.25) is 0 Å². The number of hydrogen-bond donors (Lipinski definition) is 5. The van der Waals surface area contributed by atoms with Gasteiger partial charge in [0.25, 0.3) is 23.6 Å². The summed E-state index contributed by atoms with van der Waals surface area (Å²) in [4.78, 5) is 58.8. The third-order valence-corrected chi connectivity index (χ3v) is 21.6. The molecular formula is C32H32N6O7S5. The Kier molecular flexibility index (Phi) is 6.16. The van der Waals surface area contributed by atoms with Crippen molar-refractivity contribution < 1.29 is 34.5 Å².